The maximum Gasteiger partial charge on any atom is 0.255 e. The monoisotopic (exact) mass is 420 g/mol. The van der Waals surface area contributed by atoms with Gasteiger partial charge >= 0.3 is 0 Å². The van der Waals surface area contributed by atoms with Crippen LogP contribution < -0.4 is 5.32 Å². The summed E-state index contributed by atoms with van der Waals surface area (Å²) in [5.41, 5.74) is 2.67. The second kappa shape index (κ2) is 8.23. The number of halogens is 1. The smallest absolute Gasteiger partial charge is 0.255 e. The first-order valence-corrected chi connectivity index (χ1v) is 11.2. The van der Waals surface area contributed by atoms with E-state index in [1.165, 1.54) is 16.4 Å². The number of benzene rings is 2. The molecule has 1 aliphatic rings. The molecule has 0 bridgehead atoms. The van der Waals surface area contributed by atoms with Gasteiger partial charge in [-0.15, -0.1) is 0 Å². The summed E-state index contributed by atoms with van der Waals surface area (Å²) in [6.45, 7) is 6.24. The van der Waals surface area contributed by atoms with Gasteiger partial charge in [-0.05, 0) is 69.0 Å². The molecule has 1 N–H and O–H groups in total. The topological polar surface area (TPSA) is 66.5 Å². The van der Waals surface area contributed by atoms with Crippen molar-refractivity contribution in [2.24, 2.45) is 0 Å². The van der Waals surface area contributed by atoms with Crippen LogP contribution >= 0.6 is 11.6 Å². The maximum atomic E-state index is 13.0. The Kier molecular flexibility index (Phi) is 6.12. The van der Waals surface area contributed by atoms with E-state index >= 15 is 0 Å². The molecule has 0 aromatic heterocycles. The highest BCUT2D eigenvalue weighted by molar-refractivity contribution is 7.89. The van der Waals surface area contributed by atoms with Gasteiger partial charge in [0.25, 0.3) is 5.91 Å². The van der Waals surface area contributed by atoms with Gasteiger partial charge in [0.2, 0.25) is 10.0 Å². The fraction of sp³-hybridized carbons (Fsp3) is 0.381. The normalized spacial score (nSPS) is 18.1. The Labute approximate surface area is 171 Å². The van der Waals surface area contributed by atoms with Gasteiger partial charge in [-0.3, -0.25) is 4.79 Å². The Bertz CT molecular complexity index is 981. The van der Waals surface area contributed by atoms with E-state index in [-0.39, 0.29) is 16.5 Å². The molecule has 2 aromatic carbocycles. The highest BCUT2D eigenvalue weighted by atomic mass is 35.5. The number of nitrogens with one attached hydrogen (secondary N) is 1. The summed E-state index contributed by atoms with van der Waals surface area (Å²) in [5, 5.41) is 3.27. The highest BCUT2D eigenvalue weighted by Crippen LogP contribution is 2.29. The van der Waals surface area contributed by atoms with E-state index in [4.69, 9.17) is 11.6 Å². The van der Waals surface area contributed by atoms with Crippen LogP contribution in [0.3, 0.4) is 0 Å². The molecule has 1 saturated heterocycles. The van der Waals surface area contributed by atoms with Crippen LogP contribution in [-0.4, -0.2) is 31.2 Å². The third kappa shape index (κ3) is 4.24. The summed E-state index contributed by atoms with van der Waals surface area (Å²) >= 11 is 6.27. The van der Waals surface area contributed by atoms with E-state index in [9.17, 15) is 13.2 Å². The van der Waals surface area contributed by atoms with Crippen molar-refractivity contribution >= 4 is 33.2 Å². The average Bonchev–Trinajstić information content (AvgIpc) is 2.64. The van der Waals surface area contributed by atoms with Gasteiger partial charge in [-0.25, -0.2) is 8.42 Å². The summed E-state index contributed by atoms with van der Waals surface area (Å²) in [7, 11) is -3.63. The Hall–Kier alpha value is -1.89. The molecule has 1 atom stereocenters. The number of piperidine rings is 1. The number of sulfonamides is 1. The van der Waals surface area contributed by atoms with Crippen molar-refractivity contribution in [2.45, 2.75) is 51.0 Å². The third-order valence-corrected chi connectivity index (χ3v) is 7.42. The van der Waals surface area contributed by atoms with Crippen molar-refractivity contribution in [2.75, 3.05) is 11.9 Å². The molecule has 3 rings (SSSR count). The van der Waals surface area contributed by atoms with Crippen molar-refractivity contribution in [1.29, 1.82) is 0 Å². The fourth-order valence-corrected chi connectivity index (χ4v) is 5.74. The molecule has 7 heteroatoms. The number of carbonyl (C=O) groups excluding carboxylic acids is 1. The largest absolute Gasteiger partial charge is 0.320 e. The van der Waals surface area contributed by atoms with Crippen molar-refractivity contribution in [3.05, 3.63) is 58.1 Å². The predicted octanol–water partition coefficient (Wildman–Crippen LogP) is 4.77. The number of aryl methyl sites for hydroxylation is 2. The van der Waals surface area contributed by atoms with Gasteiger partial charge in [-0.2, -0.15) is 4.31 Å². The van der Waals surface area contributed by atoms with E-state index in [0.717, 1.165) is 30.4 Å². The Morgan fingerprint density at radius 2 is 1.93 bits per heavy atom. The molecule has 1 amide bonds. The van der Waals surface area contributed by atoms with Crippen LogP contribution in [0.1, 0.15) is 47.7 Å². The van der Waals surface area contributed by atoms with Crippen molar-refractivity contribution < 1.29 is 13.2 Å². The predicted molar refractivity (Wildman–Crippen MR) is 113 cm³/mol. The quantitative estimate of drug-likeness (QED) is 0.774. The number of hydrogen-bond donors (Lipinski definition) is 1. The zero-order chi connectivity index (χ0) is 20.5. The zero-order valence-electron chi connectivity index (χ0n) is 16.3. The van der Waals surface area contributed by atoms with Crippen LogP contribution in [0.5, 0.6) is 0 Å². The first kappa shape index (κ1) is 20.8. The molecule has 5 nitrogen and oxygen atoms in total. The van der Waals surface area contributed by atoms with Crippen LogP contribution in [0, 0.1) is 13.8 Å². The Balaban J connectivity index is 1.88. The van der Waals surface area contributed by atoms with Gasteiger partial charge in [0.1, 0.15) is 0 Å². The average molecular weight is 421 g/mol. The molecular weight excluding hydrogens is 396 g/mol. The molecular formula is C21H25ClN2O3S. The van der Waals surface area contributed by atoms with Gasteiger partial charge in [0, 0.05) is 18.2 Å². The number of anilines is 1. The van der Waals surface area contributed by atoms with Crippen molar-refractivity contribution in [3.63, 3.8) is 0 Å². The molecule has 28 heavy (non-hydrogen) atoms. The molecule has 1 aliphatic heterocycles. The van der Waals surface area contributed by atoms with Gasteiger partial charge < -0.3 is 5.32 Å². The van der Waals surface area contributed by atoms with E-state index in [0.29, 0.717) is 17.3 Å². The molecule has 0 radical (unpaired) electrons. The number of rotatable bonds is 4. The van der Waals surface area contributed by atoms with E-state index in [2.05, 4.69) is 5.32 Å². The summed E-state index contributed by atoms with van der Waals surface area (Å²) < 4.78 is 27.6. The molecule has 1 heterocycles. The van der Waals surface area contributed by atoms with Crippen LogP contribution in [0.2, 0.25) is 5.02 Å². The third-order valence-electron chi connectivity index (χ3n) is 5.12. The molecule has 0 spiro atoms. The number of amides is 1. The van der Waals surface area contributed by atoms with Crippen LogP contribution in [-0.2, 0) is 10.0 Å². The minimum Gasteiger partial charge on any atom is -0.320 e. The van der Waals surface area contributed by atoms with Crippen LogP contribution in [0.25, 0.3) is 0 Å². The molecule has 1 fully saturated rings. The SMILES string of the molecule is Cc1cc(C)c(NC(=O)c2cccc(S(=O)(=O)N3CCCCC3C)c2)c(Cl)c1. The standard InChI is InChI=1S/C21H25ClN2O3S/c1-14-11-15(2)20(19(22)12-14)23-21(25)17-8-6-9-18(13-17)28(26,27)24-10-5-4-7-16(24)3/h6,8-9,11-13,16H,4-5,7,10H2,1-3H3,(H,23,25). The van der Waals surface area contributed by atoms with Crippen molar-refractivity contribution in [3.8, 4) is 0 Å². The summed E-state index contributed by atoms with van der Waals surface area (Å²) in [4.78, 5) is 12.9. The second-order valence-corrected chi connectivity index (χ2v) is 9.68. The first-order valence-electron chi connectivity index (χ1n) is 9.40. The van der Waals surface area contributed by atoms with E-state index < -0.39 is 15.9 Å². The van der Waals surface area contributed by atoms with Crippen LogP contribution in [0.4, 0.5) is 5.69 Å². The van der Waals surface area contributed by atoms with Gasteiger partial charge in [0.15, 0.2) is 0 Å². The van der Waals surface area contributed by atoms with E-state index in [1.54, 1.807) is 18.2 Å². The lowest BCUT2D eigenvalue weighted by molar-refractivity contribution is 0.102. The maximum absolute atomic E-state index is 13.0. The Morgan fingerprint density at radius 1 is 1.18 bits per heavy atom. The lowest BCUT2D eigenvalue weighted by atomic mass is 10.1. The summed E-state index contributed by atoms with van der Waals surface area (Å²) in [5.74, 6) is -0.391. The number of hydrogen-bond acceptors (Lipinski definition) is 3. The molecule has 0 aliphatic carbocycles. The molecule has 1 unspecified atom stereocenters. The minimum atomic E-state index is -3.63. The lowest BCUT2D eigenvalue weighted by Gasteiger charge is -2.32. The molecule has 150 valence electrons. The molecule has 0 saturated carbocycles. The van der Waals surface area contributed by atoms with E-state index in [1.807, 2.05) is 26.8 Å². The van der Waals surface area contributed by atoms with Gasteiger partial charge in [0.05, 0.1) is 15.6 Å². The zero-order valence-corrected chi connectivity index (χ0v) is 17.9. The lowest BCUT2D eigenvalue weighted by Crippen LogP contribution is -2.41. The number of carbonyl (C=O) groups is 1. The summed E-state index contributed by atoms with van der Waals surface area (Å²) in [6, 6.07) is 9.85. The van der Waals surface area contributed by atoms with Gasteiger partial charge in [-0.1, -0.05) is 30.2 Å². The molecule has 2 aromatic rings. The summed E-state index contributed by atoms with van der Waals surface area (Å²) in [6.07, 6.45) is 2.74. The van der Waals surface area contributed by atoms with Crippen molar-refractivity contribution in [1.82, 2.24) is 4.31 Å². The minimum absolute atomic E-state index is 0.0368. The first-order chi connectivity index (χ1) is 13.2. The Morgan fingerprint density at radius 3 is 2.61 bits per heavy atom. The second-order valence-electron chi connectivity index (χ2n) is 7.38. The fourth-order valence-electron chi connectivity index (χ4n) is 3.62. The highest BCUT2D eigenvalue weighted by Gasteiger charge is 2.31. The number of nitrogens with zero attached hydrogens (tertiary/aromatic N) is 1. The van der Waals surface area contributed by atoms with Crippen LogP contribution in [0.15, 0.2) is 41.3 Å².